The van der Waals surface area contributed by atoms with Crippen molar-refractivity contribution in [3.05, 3.63) is 53.3 Å². The zero-order chi connectivity index (χ0) is 19.5. The van der Waals surface area contributed by atoms with Crippen molar-refractivity contribution in [1.29, 1.82) is 0 Å². The summed E-state index contributed by atoms with van der Waals surface area (Å²) in [5, 5.41) is 2.62. The minimum atomic E-state index is -3.76. The molecule has 0 spiro atoms. The average Bonchev–Trinajstić information content (AvgIpc) is 2.56. The van der Waals surface area contributed by atoms with Gasteiger partial charge in [0, 0.05) is 11.7 Å². The van der Waals surface area contributed by atoms with Crippen LogP contribution in [0.3, 0.4) is 0 Å². The lowest BCUT2D eigenvalue weighted by molar-refractivity contribution is 0.102. The summed E-state index contributed by atoms with van der Waals surface area (Å²) in [6.45, 7) is 4.98. The van der Waals surface area contributed by atoms with Crippen LogP contribution in [0.15, 0.2) is 41.3 Å². The van der Waals surface area contributed by atoms with E-state index in [-0.39, 0.29) is 28.1 Å². The van der Waals surface area contributed by atoms with Crippen LogP contribution in [0.25, 0.3) is 0 Å². The molecule has 0 fully saturated rings. The molecule has 0 aliphatic rings. The number of rotatable bonds is 6. The monoisotopic (exact) mass is 380 g/mol. The van der Waals surface area contributed by atoms with Gasteiger partial charge in [-0.3, -0.25) is 4.79 Å². The Morgan fingerprint density at radius 3 is 2.42 bits per heavy atom. The molecule has 0 heterocycles. The van der Waals surface area contributed by atoms with Crippen LogP contribution in [0, 0.1) is 12.7 Å². The lowest BCUT2D eigenvalue weighted by Gasteiger charge is -2.13. The number of anilines is 1. The molecule has 140 valence electrons. The van der Waals surface area contributed by atoms with Crippen molar-refractivity contribution in [3.8, 4) is 5.75 Å². The van der Waals surface area contributed by atoms with Gasteiger partial charge in [0.15, 0.2) is 0 Å². The summed E-state index contributed by atoms with van der Waals surface area (Å²) in [7, 11) is -2.38. The number of nitrogens with one attached hydrogen (secondary N) is 2. The summed E-state index contributed by atoms with van der Waals surface area (Å²) in [6, 6.07) is 7.89. The van der Waals surface area contributed by atoms with E-state index in [1.165, 1.54) is 43.5 Å². The zero-order valence-electron chi connectivity index (χ0n) is 15.0. The minimum absolute atomic E-state index is 0.0487. The van der Waals surface area contributed by atoms with E-state index in [2.05, 4.69) is 10.0 Å². The molecule has 6 nitrogen and oxygen atoms in total. The van der Waals surface area contributed by atoms with Gasteiger partial charge in [0.25, 0.3) is 5.91 Å². The first-order valence-corrected chi connectivity index (χ1v) is 9.40. The molecule has 0 aliphatic heterocycles. The molecular formula is C18H21FN2O4S. The van der Waals surface area contributed by atoms with Crippen LogP contribution >= 0.6 is 0 Å². The molecule has 0 radical (unpaired) electrons. The Morgan fingerprint density at radius 2 is 1.85 bits per heavy atom. The fourth-order valence-corrected chi connectivity index (χ4v) is 3.61. The number of sulfonamides is 1. The first-order chi connectivity index (χ1) is 12.1. The van der Waals surface area contributed by atoms with Crippen molar-refractivity contribution in [2.24, 2.45) is 0 Å². The van der Waals surface area contributed by atoms with Crippen LogP contribution in [0.4, 0.5) is 10.1 Å². The molecule has 0 atom stereocenters. The van der Waals surface area contributed by atoms with Gasteiger partial charge in [-0.2, -0.15) is 0 Å². The first kappa shape index (κ1) is 19.9. The largest absolute Gasteiger partial charge is 0.496 e. The summed E-state index contributed by atoms with van der Waals surface area (Å²) in [5.41, 5.74) is 0.831. The van der Waals surface area contributed by atoms with Crippen LogP contribution in [0.5, 0.6) is 5.75 Å². The third kappa shape index (κ3) is 4.59. The predicted molar refractivity (Wildman–Crippen MR) is 97.5 cm³/mol. The Labute approximate surface area is 152 Å². The number of hydrogen-bond donors (Lipinski definition) is 2. The number of ether oxygens (including phenoxy) is 1. The Morgan fingerprint density at radius 1 is 1.15 bits per heavy atom. The predicted octanol–water partition coefficient (Wildman–Crippen LogP) is 3.08. The van der Waals surface area contributed by atoms with Gasteiger partial charge in [-0.05, 0) is 62.7 Å². The van der Waals surface area contributed by atoms with Crippen molar-refractivity contribution in [2.75, 3.05) is 12.4 Å². The second kappa shape index (κ2) is 7.84. The highest BCUT2D eigenvalue weighted by molar-refractivity contribution is 7.89. The lowest BCUT2D eigenvalue weighted by Crippen LogP contribution is -2.30. The SMILES string of the molecule is COc1ccc(S(=O)(=O)NC(C)C)cc1C(=O)Nc1ccc(F)c(C)c1. The van der Waals surface area contributed by atoms with Crippen LogP contribution in [0.2, 0.25) is 0 Å². The Kier molecular flexibility index (Phi) is 5.99. The van der Waals surface area contributed by atoms with Crippen molar-refractivity contribution in [2.45, 2.75) is 31.7 Å². The van der Waals surface area contributed by atoms with Crippen LogP contribution < -0.4 is 14.8 Å². The maximum absolute atomic E-state index is 13.4. The Balaban J connectivity index is 2.38. The summed E-state index contributed by atoms with van der Waals surface area (Å²) in [4.78, 5) is 12.5. The van der Waals surface area contributed by atoms with Gasteiger partial charge in [0.05, 0.1) is 17.6 Å². The molecule has 2 aromatic carbocycles. The molecular weight excluding hydrogens is 359 g/mol. The highest BCUT2D eigenvalue weighted by Gasteiger charge is 2.20. The second-order valence-electron chi connectivity index (χ2n) is 6.06. The Bertz CT molecular complexity index is 927. The third-order valence-corrected chi connectivity index (χ3v) is 5.19. The number of methoxy groups -OCH3 is 1. The lowest BCUT2D eigenvalue weighted by atomic mass is 10.1. The maximum atomic E-state index is 13.4. The zero-order valence-corrected chi connectivity index (χ0v) is 15.8. The van der Waals surface area contributed by atoms with Crippen molar-refractivity contribution < 1.29 is 22.3 Å². The van der Waals surface area contributed by atoms with E-state index in [0.717, 1.165) is 0 Å². The van der Waals surface area contributed by atoms with Gasteiger partial charge in [-0.25, -0.2) is 17.5 Å². The molecule has 1 amide bonds. The summed E-state index contributed by atoms with van der Waals surface area (Å²) < 4.78 is 45.6. The fraction of sp³-hybridized carbons (Fsp3) is 0.278. The average molecular weight is 380 g/mol. The van der Waals surface area contributed by atoms with Gasteiger partial charge in [-0.1, -0.05) is 0 Å². The summed E-state index contributed by atoms with van der Waals surface area (Å²) in [5.74, 6) is -0.715. The molecule has 26 heavy (non-hydrogen) atoms. The number of amides is 1. The van der Waals surface area contributed by atoms with Gasteiger partial charge in [-0.15, -0.1) is 0 Å². The number of halogens is 1. The van der Waals surface area contributed by atoms with Gasteiger partial charge in [0.2, 0.25) is 10.0 Å². The molecule has 2 rings (SSSR count). The standard InChI is InChI=1S/C18H21FN2O4S/c1-11(2)21-26(23,24)14-6-8-17(25-4)15(10-14)18(22)20-13-5-7-16(19)12(3)9-13/h5-11,21H,1-4H3,(H,20,22). The molecule has 0 aromatic heterocycles. The quantitative estimate of drug-likeness (QED) is 0.807. The molecule has 2 N–H and O–H groups in total. The Hall–Kier alpha value is -2.45. The van der Waals surface area contributed by atoms with Gasteiger partial charge >= 0.3 is 0 Å². The number of benzene rings is 2. The normalized spacial score (nSPS) is 11.5. The molecule has 0 aliphatic carbocycles. The fourth-order valence-electron chi connectivity index (χ4n) is 2.33. The van der Waals surface area contributed by atoms with E-state index in [9.17, 15) is 17.6 Å². The molecule has 0 saturated heterocycles. The first-order valence-electron chi connectivity index (χ1n) is 7.92. The number of hydrogen-bond acceptors (Lipinski definition) is 4. The maximum Gasteiger partial charge on any atom is 0.259 e. The molecule has 0 saturated carbocycles. The van der Waals surface area contributed by atoms with Crippen LogP contribution in [-0.2, 0) is 10.0 Å². The van der Waals surface area contributed by atoms with Gasteiger partial charge in [0.1, 0.15) is 11.6 Å². The molecule has 0 bridgehead atoms. The number of carbonyl (C=O) groups is 1. The van der Waals surface area contributed by atoms with Crippen LogP contribution in [-0.4, -0.2) is 27.5 Å². The number of aryl methyl sites for hydroxylation is 1. The van der Waals surface area contributed by atoms with Crippen LogP contribution in [0.1, 0.15) is 29.8 Å². The van der Waals surface area contributed by atoms with Crippen molar-refractivity contribution >= 4 is 21.6 Å². The number of carbonyl (C=O) groups excluding carboxylic acids is 1. The summed E-state index contributed by atoms with van der Waals surface area (Å²) in [6.07, 6.45) is 0. The molecule has 2 aromatic rings. The van der Waals surface area contributed by atoms with E-state index in [0.29, 0.717) is 11.3 Å². The molecule has 8 heteroatoms. The van der Waals surface area contributed by atoms with Crippen molar-refractivity contribution in [1.82, 2.24) is 4.72 Å². The topological polar surface area (TPSA) is 84.5 Å². The van der Waals surface area contributed by atoms with E-state index < -0.39 is 15.9 Å². The van der Waals surface area contributed by atoms with E-state index in [1.807, 2.05) is 0 Å². The molecule has 0 unspecified atom stereocenters. The van der Waals surface area contributed by atoms with E-state index in [1.54, 1.807) is 20.8 Å². The van der Waals surface area contributed by atoms with E-state index >= 15 is 0 Å². The van der Waals surface area contributed by atoms with E-state index in [4.69, 9.17) is 4.74 Å². The second-order valence-corrected chi connectivity index (χ2v) is 7.77. The minimum Gasteiger partial charge on any atom is -0.496 e. The van der Waals surface area contributed by atoms with Crippen molar-refractivity contribution in [3.63, 3.8) is 0 Å². The third-order valence-electron chi connectivity index (χ3n) is 3.53. The smallest absolute Gasteiger partial charge is 0.259 e. The summed E-state index contributed by atoms with van der Waals surface area (Å²) >= 11 is 0. The highest BCUT2D eigenvalue weighted by atomic mass is 32.2. The van der Waals surface area contributed by atoms with Gasteiger partial charge < -0.3 is 10.1 Å². The highest BCUT2D eigenvalue weighted by Crippen LogP contribution is 2.24.